The highest BCUT2D eigenvalue weighted by molar-refractivity contribution is 7.98. The second-order valence-electron chi connectivity index (χ2n) is 5.43. The van der Waals surface area contributed by atoms with Crippen molar-refractivity contribution in [3.63, 3.8) is 0 Å². The number of rotatable bonds is 4. The number of benzene rings is 2. The zero-order valence-electron chi connectivity index (χ0n) is 13.8. The van der Waals surface area contributed by atoms with Gasteiger partial charge in [0.25, 0.3) is 0 Å². The summed E-state index contributed by atoms with van der Waals surface area (Å²) in [5, 5.41) is 3.19. The normalized spacial score (nSPS) is 13.5. The highest BCUT2D eigenvalue weighted by Crippen LogP contribution is 2.37. The number of carbonyl (C=O) groups excluding carboxylic acids is 1. The van der Waals surface area contributed by atoms with Crippen molar-refractivity contribution in [2.45, 2.75) is 11.3 Å². The summed E-state index contributed by atoms with van der Waals surface area (Å²) in [6.45, 7) is 1.17. The second kappa shape index (κ2) is 8.32. The fourth-order valence-corrected chi connectivity index (χ4v) is 2.95. The summed E-state index contributed by atoms with van der Waals surface area (Å²) < 4.78 is 11.2. The van der Waals surface area contributed by atoms with Gasteiger partial charge in [0.15, 0.2) is 11.5 Å². The first kappa shape index (κ1) is 17.7. The molecule has 0 unspecified atom stereocenters. The van der Waals surface area contributed by atoms with Gasteiger partial charge in [-0.1, -0.05) is 23.7 Å². The number of halogens is 1. The van der Waals surface area contributed by atoms with Gasteiger partial charge < -0.3 is 14.8 Å². The summed E-state index contributed by atoms with van der Waals surface area (Å²) in [5.74, 6) is 0.934. The summed E-state index contributed by atoms with van der Waals surface area (Å²) in [4.78, 5) is 13.3. The van der Waals surface area contributed by atoms with E-state index in [1.165, 1.54) is 11.0 Å². The van der Waals surface area contributed by atoms with E-state index in [1.807, 2.05) is 30.5 Å². The van der Waals surface area contributed by atoms with Gasteiger partial charge in [-0.15, -0.1) is 11.8 Å². The molecule has 0 aromatic heterocycles. The predicted octanol–water partition coefficient (Wildman–Crippen LogP) is 4.88. The van der Waals surface area contributed by atoms with Crippen LogP contribution in [0, 0.1) is 0 Å². The zero-order chi connectivity index (χ0) is 17.6. The second-order valence-corrected chi connectivity index (χ2v) is 6.71. The van der Waals surface area contributed by atoms with Crippen LogP contribution in [0.2, 0.25) is 5.02 Å². The Bertz CT molecular complexity index is 790. The van der Waals surface area contributed by atoms with E-state index >= 15 is 0 Å². The molecule has 1 N–H and O–H groups in total. The number of amides is 1. The topological polar surface area (TPSA) is 47.6 Å². The molecule has 0 aliphatic carbocycles. The molecule has 3 rings (SSSR count). The van der Waals surface area contributed by atoms with Gasteiger partial charge in [0.05, 0.1) is 23.9 Å². The van der Waals surface area contributed by atoms with Crippen LogP contribution in [-0.2, 0) is 4.79 Å². The molecule has 1 aliphatic rings. The fourth-order valence-electron chi connectivity index (χ4n) is 2.34. The summed E-state index contributed by atoms with van der Waals surface area (Å²) in [7, 11) is 0. The van der Waals surface area contributed by atoms with Gasteiger partial charge in [0.1, 0.15) is 0 Å². The van der Waals surface area contributed by atoms with Crippen molar-refractivity contribution in [2.24, 2.45) is 0 Å². The maximum Gasteiger partial charge on any atom is 0.248 e. The highest BCUT2D eigenvalue weighted by Gasteiger charge is 2.14. The maximum absolute atomic E-state index is 12.2. The first-order valence-corrected chi connectivity index (χ1v) is 9.48. The molecule has 2 aromatic carbocycles. The van der Waals surface area contributed by atoms with E-state index in [0.717, 1.165) is 12.0 Å². The van der Waals surface area contributed by atoms with Crippen LogP contribution in [0.5, 0.6) is 11.5 Å². The summed E-state index contributed by atoms with van der Waals surface area (Å²) in [6, 6.07) is 11.3. The Kier molecular flexibility index (Phi) is 5.89. The third-order valence-corrected chi connectivity index (χ3v) is 4.69. The fraction of sp³-hybridized carbons (Fsp3) is 0.211. The molecular formula is C19H18ClNO3S. The van der Waals surface area contributed by atoms with Crippen molar-refractivity contribution in [2.75, 3.05) is 24.8 Å². The molecule has 4 nitrogen and oxygen atoms in total. The van der Waals surface area contributed by atoms with Crippen molar-refractivity contribution in [1.82, 2.24) is 0 Å². The number of nitrogens with one attached hydrogen (secondary N) is 1. The summed E-state index contributed by atoms with van der Waals surface area (Å²) >= 11 is 7.91. The Morgan fingerprint density at radius 3 is 2.52 bits per heavy atom. The minimum Gasteiger partial charge on any atom is -0.490 e. The first-order chi connectivity index (χ1) is 12.2. The van der Waals surface area contributed by atoms with E-state index in [2.05, 4.69) is 5.32 Å². The molecule has 1 amide bonds. The molecule has 2 aromatic rings. The van der Waals surface area contributed by atoms with Gasteiger partial charge in [0.2, 0.25) is 5.91 Å². The van der Waals surface area contributed by atoms with Crippen LogP contribution in [-0.4, -0.2) is 25.4 Å². The Hall–Kier alpha value is -2.11. The van der Waals surface area contributed by atoms with E-state index in [4.69, 9.17) is 21.1 Å². The van der Waals surface area contributed by atoms with Crippen molar-refractivity contribution in [1.29, 1.82) is 0 Å². The van der Waals surface area contributed by atoms with Crippen LogP contribution in [0.25, 0.3) is 6.08 Å². The largest absolute Gasteiger partial charge is 0.490 e. The monoisotopic (exact) mass is 375 g/mol. The van der Waals surface area contributed by atoms with Crippen molar-refractivity contribution in [3.05, 3.63) is 53.1 Å². The molecule has 0 radical (unpaired) electrons. The molecule has 0 spiro atoms. The van der Waals surface area contributed by atoms with Crippen LogP contribution in [0.3, 0.4) is 0 Å². The number of anilines is 1. The van der Waals surface area contributed by atoms with E-state index < -0.39 is 0 Å². The van der Waals surface area contributed by atoms with Crippen LogP contribution < -0.4 is 14.8 Å². The van der Waals surface area contributed by atoms with E-state index in [0.29, 0.717) is 35.4 Å². The number of hydrogen-bond acceptors (Lipinski definition) is 4. The quantitative estimate of drug-likeness (QED) is 0.611. The highest BCUT2D eigenvalue weighted by atomic mass is 35.5. The number of carbonyl (C=O) groups is 1. The van der Waals surface area contributed by atoms with Gasteiger partial charge in [-0.25, -0.2) is 0 Å². The van der Waals surface area contributed by atoms with Crippen LogP contribution in [0.1, 0.15) is 12.0 Å². The summed E-state index contributed by atoms with van der Waals surface area (Å²) in [5.41, 5.74) is 1.45. The smallest absolute Gasteiger partial charge is 0.248 e. The molecule has 6 heteroatoms. The standard InChI is InChI=1S/C19H18ClNO3S/c1-25-14-6-3-13(4-7-14)5-8-19(22)21-16-12-18-17(11-15(16)20)23-9-2-10-24-18/h3-8,11-12H,2,9-10H2,1H3,(H,21,22)/b8-5+. The third kappa shape index (κ3) is 4.71. The lowest BCUT2D eigenvalue weighted by Gasteiger charge is -2.11. The Labute approximate surface area is 156 Å². The Balaban J connectivity index is 1.69. The maximum atomic E-state index is 12.2. The molecule has 0 saturated carbocycles. The van der Waals surface area contributed by atoms with E-state index in [9.17, 15) is 4.79 Å². The molecule has 0 saturated heterocycles. The lowest BCUT2D eigenvalue weighted by atomic mass is 10.2. The van der Waals surface area contributed by atoms with Gasteiger partial charge >= 0.3 is 0 Å². The minimum absolute atomic E-state index is 0.259. The van der Waals surface area contributed by atoms with Crippen molar-refractivity contribution >= 4 is 41.0 Å². The Morgan fingerprint density at radius 2 is 1.84 bits per heavy atom. The SMILES string of the molecule is CSc1ccc(/C=C/C(=O)Nc2cc3c(cc2Cl)OCCCO3)cc1. The molecule has 1 aliphatic heterocycles. The molecule has 1 heterocycles. The lowest BCUT2D eigenvalue weighted by molar-refractivity contribution is -0.111. The minimum atomic E-state index is -0.259. The van der Waals surface area contributed by atoms with Gasteiger partial charge in [0, 0.05) is 29.5 Å². The van der Waals surface area contributed by atoms with E-state index in [-0.39, 0.29) is 5.91 Å². The average Bonchev–Trinajstić information content (AvgIpc) is 2.85. The predicted molar refractivity (Wildman–Crippen MR) is 103 cm³/mol. The molecule has 0 atom stereocenters. The first-order valence-electron chi connectivity index (χ1n) is 7.88. The molecular weight excluding hydrogens is 358 g/mol. The van der Waals surface area contributed by atoms with Gasteiger partial charge in [-0.05, 0) is 30.0 Å². The molecule has 0 fully saturated rings. The van der Waals surface area contributed by atoms with Crippen molar-refractivity contribution < 1.29 is 14.3 Å². The average molecular weight is 376 g/mol. The number of thioether (sulfide) groups is 1. The Morgan fingerprint density at radius 1 is 1.16 bits per heavy atom. The van der Waals surface area contributed by atoms with Gasteiger partial charge in [-0.2, -0.15) is 0 Å². The van der Waals surface area contributed by atoms with Gasteiger partial charge in [-0.3, -0.25) is 4.79 Å². The summed E-state index contributed by atoms with van der Waals surface area (Å²) in [6.07, 6.45) is 6.08. The third-order valence-electron chi connectivity index (χ3n) is 3.64. The number of ether oxygens (including phenoxy) is 2. The molecule has 130 valence electrons. The van der Waals surface area contributed by atoms with Crippen LogP contribution >= 0.6 is 23.4 Å². The van der Waals surface area contributed by atoms with Crippen LogP contribution in [0.4, 0.5) is 5.69 Å². The lowest BCUT2D eigenvalue weighted by Crippen LogP contribution is -2.08. The van der Waals surface area contributed by atoms with E-state index in [1.54, 1.807) is 30.0 Å². The zero-order valence-corrected chi connectivity index (χ0v) is 15.3. The number of hydrogen-bond donors (Lipinski definition) is 1. The molecule has 0 bridgehead atoms. The van der Waals surface area contributed by atoms with Crippen molar-refractivity contribution in [3.8, 4) is 11.5 Å². The molecule has 25 heavy (non-hydrogen) atoms. The number of fused-ring (bicyclic) bond motifs is 1. The van der Waals surface area contributed by atoms with Crippen LogP contribution in [0.15, 0.2) is 47.4 Å².